The number of hydrogen-bond acceptors (Lipinski definition) is 5. The number of unbranched alkanes of at least 4 members (excludes halogenated alkanes) is 2. The predicted octanol–water partition coefficient (Wildman–Crippen LogP) is 7.18. The number of rotatable bonds is 12. The van der Waals surface area contributed by atoms with Crippen molar-refractivity contribution in [3.63, 3.8) is 0 Å². The van der Waals surface area contributed by atoms with Crippen molar-refractivity contribution in [2.75, 3.05) is 13.2 Å². The van der Waals surface area contributed by atoms with Gasteiger partial charge in [-0.15, -0.1) is 12.4 Å². The third-order valence-electron chi connectivity index (χ3n) is 5.39. The van der Waals surface area contributed by atoms with Crippen molar-refractivity contribution in [1.82, 2.24) is 9.97 Å². The molecule has 0 spiro atoms. The Labute approximate surface area is 222 Å². The summed E-state index contributed by atoms with van der Waals surface area (Å²) in [6.45, 7) is 5.06. The van der Waals surface area contributed by atoms with Gasteiger partial charge in [-0.05, 0) is 48.7 Å². The van der Waals surface area contributed by atoms with E-state index in [2.05, 4.69) is 16.9 Å². The maximum Gasteiger partial charge on any atom is 0.341 e. The van der Waals surface area contributed by atoms with Gasteiger partial charge in [-0.25, -0.2) is 9.78 Å². The summed E-state index contributed by atoms with van der Waals surface area (Å²) in [7, 11) is 0. The number of H-pyrrole nitrogens is 1. The third-order valence-corrected chi connectivity index (χ3v) is 5.94. The molecule has 0 bridgehead atoms. The zero-order valence-corrected chi connectivity index (χ0v) is 22.3. The van der Waals surface area contributed by atoms with E-state index in [4.69, 9.17) is 38.4 Å². The summed E-state index contributed by atoms with van der Waals surface area (Å²) < 4.78 is 11.3. The van der Waals surface area contributed by atoms with E-state index < -0.39 is 5.97 Å². The summed E-state index contributed by atoms with van der Waals surface area (Å²) in [5, 5.41) is 1.09. The maximum atomic E-state index is 12.7. The molecule has 1 unspecified atom stereocenters. The molecule has 1 atom stereocenters. The molecule has 9 heteroatoms. The Hall–Kier alpha value is -2.25. The quantitative estimate of drug-likeness (QED) is 0.187. The molecule has 3 rings (SSSR count). The van der Waals surface area contributed by atoms with Crippen LogP contribution in [0.2, 0.25) is 10.0 Å². The van der Waals surface area contributed by atoms with Crippen LogP contribution in [0.5, 0.6) is 5.75 Å². The van der Waals surface area contributed by atoms with E-state index in [0.717, 1.165) is 36.8 Å². The monoisotopic (exact) mass is 539 g/mol. The number of imidazole rings is 1. The Morgan fingerprint density at radius 3 is 2.54 bits per heavy atom. The van der Waals surface area contributed by atoms with Crippen LogP contribution in [-0.4, -0.2) is 29.2 Å². The second-order valence-corrected chi connectivity index (χ2v) is 8.96. The lowest BCUT2D eigenvalue weighted by atomic mass is 10.0. The molecule has 0 saturated heterocycles. The smallest absolute Gasteiger partial charge is 0.341 e. The first-order chi connectivity index (χ1) is 16.4. The zero-order chi connectivity index (χ0) is 24.5. The van der Waals surface area contributed by atoms with E-state index in [-0.39, 0.29) is 18.4 Å². The molecule has 0 saturated carbocycles. The topological polar surface area (TPSA) is 90.2 Å². The molecule has 3 aromatic rings. The number of nitrogens with two attached hydrogens (primary N) is 1. The first-order valence-corrected chi connectivity index (χ1v) is 12.4. The van der Waals surface area contributed by atoms with Gasteiger partial charge in [0.1, 0.15) is 17.1 Å². The van der Waals surface area contributed by atoms with E-state index >= 15 is 0 Å². The van der Waals surface area contributed by atoms with Crippen LogP contribution >= 0.6 is 35.6 Å². The molecule has 0 aliphatic rings. The summed E-state index contributed by atoms with van der Waals surface area (Å²) >= 11 is 12.3. The average molecular weight is 541 g/mol. The summed E-state index contributed by atoms with van der Waals surface area (Å²) in [6, 6.07) is 10.3. The minimum absolute atomic E-state index is 0. The number of nitrogens with zero attached hydrogens (tertiary/aromatic N) is 1. The number of halogens is 3. The van der Waals surface area contributed by atoms with Gasteiger partial charge in [0.15, 0.2) is 0 Å². The van der Waals surface area contributed by atoms with Crippen molar-refractivity contribution in [3.8, 4) is 17.0 Å². The fourth-order valence-electron chi connectivity index (χ4n) is 3.40. The minimum Gasteiger partial charge on any atom is -0.493 e. The van der Waals surface area contributed by atoms with E-state index in [0.29, 0.717) is 52.5 Å². The number of benzene rings is 2. The molecular weight excluding hydrogens is 509 g/mol. The number of aromatic amines is 1. The summed E-state index contributed by atoms with van der Waals surface area (Å²) in [5.74, 6) is 0.832. The van der Waals surface area contributed by atoms with E-state index in [1.807, 2.05) is 19.1 Å². The zero-order valence-electron chi connectivity index (χ0n) is 20.0. The van der Waals surface area contributed by atoms with E-state index in [9.17, 15) is 4.79 Å². The highest BCUT2D eigenvalue weighted by atomic mass is 35.5. The second kappa shape index (κ2) is 14.3. The molecule has 190 valence electrons. The summed E-state index contributed by atoms with van der Waals surface area (Å²) in [4.78, 5) is 20.5. The van der Waals surface area contributed by atoms with Crippen LogP contribution in [0.3, 0.4) is 0 Å². The largest absolute Gasteiger partial charge is 0.493 e. The van der Waals surface area contributed by atoms with E-state index in [1.165, 1.54) is 0 Å². The van der Waals surface area contributed by atoms with Gasteiger partial charge in [0.05, 0.1) is 23.9 Å². The van der Waals surface area contributed by atoms with Crippen LogP contribution in [0, 0.1) is 0 Å². The Balaban J connectivity index is 0.00000432. The fraction of sp³-hybridized carbons (Fsp3) is 0.385. The second-order valence-electron chi connectivity index (χ2n) is 8.11. The number of aromatic nitrogens is 2. The van der Waals surface area contributed by atoms with E-state index in [1.54, 1.807) is 30.5 Å². The van der Waals surface area contributed by atoms with Crippen LogP contribution in [0.4, 0.5) is 0 Å². The van der Waals surface area contributed by atoms with Gasteiger partial charge in [0.2, 0.25) is 0 Å². The first-order valence-electron chi connectivity index (χ1n) is 11.6. The van der Waals surface area contributed by atoms with Crippen molar-refractivity contribution in [2.45, 2.75) is 52.0 Å². The molecule has 0 aliphatic carbocycles. The molecule has 0 aliphatic heterocycles. The van der Waals surface area contributed by atoms with Crippen LogP contribution in [0.25, 0.3) is 11.3 Å². The fourth-order valence-corrected chi connectivity index (χ4v) is 3.91. The molecule has 1 aromatic heterocycles. The Bertz CT molecular complexity index is 1100. The molecule has 1 heterocycles. The van der Waals surface area contributed by atoms with Gasteiger partial charge in [-0.1, -0.05) is 56.0 Å². The van der Waals surface area contributed by atoms with Gasteiger partial charge >= 0.3 is 5.97 Å². The molecule has 3 N–H and O–H groups in total. The molecule has 35 heavy (non-hydrogen) atoms. The predicted molar refractivity (Wildman–Crippen MR) is 144 cm³/mol. The summed E-state index contributed by atoms with van der Waals surface area (Å²) in [5.41, 5.74) is 9.18. The lowest BCUT2D eigenvalue weighted by molar-refractivity contribution is 0.0495. The summed E-state index contributed by atoms with van der Waals surface area (Å²) in [6.07, 6.45) is 5.92. The minimum atomic E-state index is -0.397. The van der Waals surface area contributed by atoms with Gasteiger partial charge in [0.25, 0.3) is 0 Å². The SMILES string of the molecule is CCCCOC(=O)c1cc(C(N)Cc2nc(-c3ccc(Cl)cc3Cl)c[nH]2)ccc1OCCCC.Cl. The lowest BCUT2D eigenvalue weighted by Crippen LogP contribution is -2.16. The van der Waals surface area contributed by atoms with Crippen LogP contribution in [0.1, 0.15) is 67.3 Å². The number of hydrogen-bond donors (Lipinski definition) is 2. The molecular formula is C26H32Cl3N3O3. The molecule has 0 amide bonds. The molecule has 6 nitrogen and oxygen atoms in total. The average Bonchev–Trinajstić information content (AvgIpc) is 3.27. The highest BCUT2D eigenvalue weighted by molar-refractivity contribution is 6.36. The Kier molecular flexibility index (Phi) is 11.9. The number of nitrogens with one attached hydrogen (secondary N) is 1. The lowest BCUT2D eigenvalue weighted by Gasteiger charge is -2.16. The van der Waals surface area contributed by atoms with Crippen molar-refractivity contribution < 1.29 is 14.3 Å². The standard InChI is InChI=1S/C26H31Cl2N3O3.ClH/c1-3-5-11-33-24-10-7-17(13-20(24)26(32)34-12-6-4-2)22(29)15-25-30-16-23(31-25)19-9-8-18(27)14-21(19)28;/h7-10,13-14,16,22H,3-6,11-12,15,29H2,1-2H3,(H,30,31);1H. The normalized spacial score (nSPS) is 11.6. The maximum absolute atomic E-state index is 12.7. The van der Waals surface area contributed by atoms with Crippen LogP contribution in [0.15, 0.2) is 42.6 Å². The van der Waals surface area contributed by atoms with Crippen LogP contribution in [-0.2, 0) is 11.2 Å². The third kappa shape index (κ3) is 8.14. The number of esters is 1. The number of ether oxygens (including phenoxy) is 2. The number of carbonyl (C=O) groups excluding carboxylic acids is 1. The first kappa shape index (κ1) is 29.0. The number of carbonyl (C=O) groups is 1. The van der Waals surface area contributed by atoms with Gasteiger partial charge in [-0.3, -0.25) is 0 Å². The van der Waals surface area contributed by atoms with Crippen molar-refractivity contribution in [2.24, 2.45) is 5.73 Å². The van der Waals surface area contributed by atoms with Crippen LogP contribution < -0.4 is 10.5 Å². The highest BCUT2D eigenvalue weighted by Crippen LogP contribution is 2.30. The van der Waals surface area contributed by atoms with Gasteiger partial charge < -0.3 is 20.2 Å². The van der Waals surface area contributed by atoms with Gasteiger partial charge in [-0.2, -0.15) is 0 Å². The van der Waals surface area contributed by atoms with Gasteiger partial charge in [0, 0.05) is 29.2 Å². The Morgan fingerprint density at radius 1 is 1.09 bits per heavy atom. The molecule has 0 fully saturated rings. The van der Waals surface area contributed by atoms with Crippen molar-refractivity contribution in [1.29, 1.82) is 0 Å². The van der Waals surface area contributed by atoms with Crippen molar-refractivity contribution >= 4 is 41.6 Å². The Morgan fingerprint density at radius 2 is 1.83 bits per heavy atom. The van der Waals surface area contributed by atoms with Crippen molar-refractivity contribution in [3.05, 3.63) is 69.6 Å². The molecule has 2 aromatic carbocycles. The highest BCUT2D eigenvalue weighted by Gasteiger charge is 2.19. The molecule has 0 radical (unpaired) electrons.